The molecule has 0 saturated carbocycles. The molecule has 2 rings (SSSR count). The Morgan fingerprint density at radius 1 is 1.56 bits per heavy atom. The van der Waals surface area contributed by atoms with Crippen LogP contribution in [0.1, 0.15) is 35.5 Å². The minimum absolute atomic E-state index is 0.286. The van der Waals surface area contributed by atoms with Crippen molar-refractivity contribution in [2.75, 3.05) is 0 Å². The Hall–Kier alpha value is -1.20. The van der Waals surface area contributed by atoms with E-state index >= 15 is 0 Å². The van der Waals surface area contributed by atoms with Crippen molar-refractivity contribution in [3.63, 3.8) is 0 Å². The van der Waals surface area contributed by atoms with Gasteiger partial charge in [0.25, 0.3) is 0 Å². The summed E-state index contributed by atoms with van der Waals surface area (Å²) in [6.45, 7) is 5.08. The summed E-state index contributed by atoms with van der Waals surface area (Å²) in [5.41, 5.74) is 1.10. The minimum Gasteiger partial charge on any atom is -0.302 e. The van der Waals surface area contributed by atoms with Crippen LogP contribution >= 0.6 is 11.3 Å². The molecule has 1 unspecified atom stereocenters. The number of aryl methyl sites for hydroxylation is 1. The first kappa shape index (κ1) is 11.3. The number of nitrogens with zero attached hydrogens (tertiary/aromatic N) is 2. The molecule has 2 N–H and O–H groups in total. The predicted octanol–water partition coefficient (Wildman–Crippen LogP) is 2.28. The predicted molar refractivity (Wildman–Crippen MR) is 65.3 cm³/mol. The van der Waals surface area contributed by atoms with E-state index < -0.39 is 0 Å². The van der Waals surface area contributed by atoms with Gasteiger partial charge in [0.1, 0.15) is 5.01 Å². The fraction of sp³-hybridized carbons (Fsp3) is 0.455. The number of H-pyrrole nitrogens is 1. The van der Waals surface area contributed by atoms with Gasteiger partial charge in [0, 0.05) is 29.5 Å². The van der Waals surface area contributed by atoms with Gasteiger partial charge in [-0.2, -0.15) is 5.10 Å². The van der Waals surface area contributed by atoms with Crippen molar-refractivity contribution in [1.29, 1.82) is 0 Å². The van der Waals surface area contributed by atoms with Gasteiger partial charge in [-0.15, -0.1) is 11.3 Å². The maximum absolute atomic E-state index is 4.42. The SMILES string of the molecule is CCc1cnc(C(C)NCc2ccn[nH]2)s1. The maximum Gasteiger partial charge on any atom is 0.109 e. The van der Waals surface area contributed by atoms with E-state index in [1.807, 2.05) is 12.3 Å². The molecule has 0 aliphatic rings. The molecule has 0 saturated heterocycles. The van der Waals surface area contributed by atoms with Crippen molar-refractivity contribution in [1.82, 2.24) is 20.5 Å². The van der Waals surface area contributed by atoms with E-state index in [-0.39, 0.29) is 6.04 Å². The third-order valence-electron chi connectivity index (χ3n) is 2.45. The molecule has 0 spiro atoms. The lowest BCUT2D eigenvalue weighted by Crippen LogP contribution is -2.18. The summed E-state index contributed by atoms with van der Waals surface area (Å²) in [5.74, 6) is 0. The largest absolute Gasteiger partial charge is 0.302 e. The molecule has 1 atom stereocenters. The molecular weight excluding hydrogens is 220 g/mol. The Morgan fingerprint density at radius 3 is 3.06 bits per heavy atom. The van der Waals surface area contributed by atoms with Gasteiger partial charge in [0.15, 0.2) is 0 Å². The second-order valence-corrected chi connectivity index (χ2v) is 4.85. The van der Waals surface area contributed by atoms with E-state index in [4.69, 9.17) is 0 Å². The average molecular weight is 236 g/mol. The van der Waals surface area contributed by atoms with Gasteiger partial charge in [0.05, 0.1) is 6.04 Å². The van der Waals surface area contributed by atoms with Crippen LogP contribution in [0.2, 0.25) is 0 Å². The van der Waals surface area contributed by atoms with Crippen molar-refractivity contribution in [3.8, 4) is 0 Å². The molecule has 2 aromatic rings. The Bertz CT molecular complexity index is 421. The highest BCUT2D eigenvalue weighted by Crippen LogP contribution is 2.20. The van der Waals surface area contributed by atoms with Gasteiger partial charge in [-0.1, -0.05) is 6.92 Å². The molecule has 0 radical (unpaired) electrons. The molecule has 16 heavy (non-hydrogen) atoms. The maximum atomic E-state index is 4.42. The Kier molecular flexibility index (Phi) is 3.69. The third-order valence-corrected chi connectivity index (χ3v) is 3.77. The Balaban J connectivity index is 1.90. The van der Waals surface area contributed by atoms with Crippen LogP contribution < -0.4 is 5.32 Å². The van der Waals surface area contributed by atoms with Gasteiger partial charge in [-0.05, 0) is 19.4 Å². The number of hydrogen-bond acceptors (Lipinski definition) is 4. The zero-order valence-corrected chi connectivity index (χ0v) is 10.3. The Labute approximate surface area is 99.1 Å². The summed E-state index contributed by atoms with van der Waals surface area (Å²) in [7, 11) is 0. The van der Waals surface area contributed by atoms with E-state index in [0.717, 1.165) is 23.7 Å². The van der Waals surface area contributed by atoms with Gasteiger partial charge in [-0.25, -0.2) is 4.98 Å². The number of thiazole rings is 1. The van der Waals surface area contributed by atoms with Crippen LogP contribution in [-0.2, 0) is 13.0 Å². The molecule has 2 aromatic heterocycles. The fourth-order valence-corrected chi connectivity index (χ4v) is 2.30. The lowest BCUT2D eigenvalue weighted by molar-refractivity contribution is 0.564. The normalized spacial score (nSPS) is 12.9. The highest BCUT2D eigenvalue weighted by Gasteiger charge is 2.09. The van der Waals surface area contributed by atoms with Crippen molar-refractivity contribution in [3.05, 3.63) is 34.0 Å². The van der Waals surface area contributed by atoms with Gasteiger partial charge >= 0.3 is 0 Å². The molecule has 0 bridgehead atoms. The Morgan fingerprint density at radius 2 is 2.44 bits per heavy atom. The second-order valence-electron chi connectivity index (χ2n) is 3.70. The number of nitrogens with one attached hydrogen (secondary N) is 2. The number of aromatic nitrogens is 3. The molecule has 0 aliphatic heterocycles. The van der Waals surface area contributed by atoms with E-state index in [1.165, 1.54) is 4.88 Å². The lowest BCUT2D eigenvalue weighted by atomic mass is 10.3. The van der Waals surface area contributed by atoms with Crippen molar-refractivity contribution >= 4 is 11.3 Å². The van der Waals surface area contributed by atoms with Crippen LogP contribution in [0.5, 0.6) is 0 Å². The van der Waals surface area contributed by atoms with E-state index in [1.54, 1.807) is 17.5 Å². The van der Waals surface area contributed by atoms with Crippen molar-refractivity contribution in [2.24, 2.45) is 0 Å². The molecule has 2 heterocycles. The minimum atomic E-state index is 0.286. The number of hydrogen-bond donors (Lipinski definition) is 2. The topological polar surface area (TPSA) is 53.6 Å². The summed E-state index contributed by atoms with van der Waals surface area (Å²) in [6.07, 6.45) is 4.79. The fourth-order valence-electron chi connectivity index (χ4n) is 1.42. The summed E-state index contributed by atoms with van der Waals surface area (Å²) in [6, 6.07) is 2.26. The zero-order chi connectivity index (χ0) is 11.4. The van der Waals surface area contributed by atoms with Gasteiger partial charge < -0.3 is 5.32 Å². The van der Waals surface area contributed by atoms with Crippen LogP contribution in [0, 0.1) is 0 Å². The van der Waals surface area contributed by atoms with Gasteiger partial charge in [-0.3, -0.25) is 5.10 Å². The smallest absolute Gasteiger partial charge is 0.109 e. The molecule has 0 aromatic carbocycles. The molecular formula is C11H16N4S. The molecule has 86 valence electrons. The summed E-state index contributed by atoms with van der Waals surface area (Å²) in [4.78, 5) is 5.76. The van der Waals surface area contributed by atoms with E-state index in [0.29, 0.717) is 0 Å². The van der Waals surface area contributed by atoms with Crippen molar-refractivity contribution < 1.29 is 0 Å². The second kappa shape index (κ2) is 5.23. The van der Waals surface area contributed by atoms with Crippen LogP contribution in [0.25, 0.3) is 0 Å². The van der Waals surface area contributed by atoms with Crippen LogP contribution in [0.15, 0.2) is 18.5 Å². The molecule has 5 heteroatoms. The quantitative estimate of drug-likeness (QED) is 0.837. The highest BCUT2D eigenvalue weighted by molar-refractivity contribution is 7.11. The molecule has 0 fully saturated rings. The molecule has 0 aliphatic carbocycles. The first-order valence-corrected chi connectivity index (χ1v) is 6.27. The summed E-state index contributed by atoms with van der Waals surface area (Å²) >= 11 is 1.78. The third kappa shape index (κ3) is 2.68. The monoisotopic (exact) mass is 236 g/mol. The van der Waals surface area contributed by atoms with Crippen LogP contribution in [0.4, 0.5) is 0 Å². The summed E-state index contributed by atoms with van der Waals surface area (Å²) < 4.78 is 0. The van der Waals surface area contributed by atoms with Crippen LogP contribution in [-0.4, -0.2) is 15.2 Å². The average Bonchev–Trinajstić information content (AvgIpc) is 2.96. The van der Waals surface area contributed by atoms with E-state index in [9.17, 15) is 0 Å². The highest BCUT2D eigenvalue weighted by atomic mass is 32.1. The zero-order valence-electron chi connectivity index (χ0n) is 9.53. The lowest BCUT2D eigenvalue weighted by Gasteiger charge is -2.09. The standard InChI is InChI=1S/C11H16N4S/c1-3-10-7-13-11(16-10)8(2)12-6-9-4-5-14-15-9/h4-5,7-8,12H,3,6H2,1-2H3,(H,14,15). The van der Waals surface area contributed by atoms with Gasteiger partial charge in [0.2, 0.25) is 0 Å². The number of aromatic amines is 1. The number of rotatable bonds is 5. The van der Waals surface area contributed by atoms with E-state index in [2.05, 4.69) is 34.3 Å². The summed E-state index contributed by atoms with van der Waals surface area (Å²) in [5, 5.41) is 11.4. The first-order chi connectivity index (χ1) is 7.79. The molecule has 4 nitrogen and oxygen atoms in total. The van der Waals surface area contributed by atoms with Crippen LogP contribution in [0.3, 0.4) is 0 Å². The first-order valence-electron chi connectivity index (χ1n) is 5.46. The molecule has 0 amide bonds. The van der Waals surface area contributed by atoms with Crippen molar-refractivity contribution in [2.45, 2.75) is 32.9 Å².